The van der Waals surface area contributed by atoms with Gasteiger partial charge in [0.05, 0.1) is 12.8 Å². The second-order valence-corrected chi connectivity index (χ2v) is 5.12. The molecule has 1 aromatic heterocycles. The molecule has 5 heteroatoms. The summed E-state index contributed by atoms with van der Waals surface area (Å²) in [6.07, 6.45) is 3.98. The van der Waals surface area contributed by atoms with Crippen molar-refractivity contribution in [2.24, 2.45) is 0 Å². The third-order valence-electron chi connectivity index (χ3n) is 3.69. The molecule has 2 rings (SSSR count). The lowest BCUT2D eigenvalue weighted by atomic mass is 10.1. The van der Waals surface area contributed by atoms with Gasteiger partial charge in [-0.15, -0.1) is 0 Å². The Labute approximate surface area is 115 Å². The largest absolute Gasteiger partial charge is 0.481 e. The minimum atomic E-state index is 0.493. The second kappa shape index (κ2) is 6.61. The van der Waals surface area contributed by atoms with E-state index in [4.69, 9.17) is 10.5 Å². The number of hydrogen-bond donors (Lipinski definition) is 2. The molecule has 1 aliphatic heterocycles. The number of ether oxygens (including phenoxy) is 1. The number of piperidine rings is 1. The van der Waals surface area contributed by atoms with Crippen LogP contribution in [0.15, 0.2) is 12.1 Å². The molecule has 0 aliphatic carbocycles. The third kappa shape index (κ3) is 3.73. The van der Waals surface area contributed by atoms with Crippen LogP contribution in [0.3, 0.4) is 0 Å². The molecule has 1 aromatic rings. The van der Waals surface area contributed by atoms with Gasteiger partial charge in [-0.3, -0.25) is 4.90 Å². The van der Waals surface area contributed by atoms with E-state index in [1.54, 1.807) is 13.2 Å². The number of nitrogen functional groups attached to an aromatic ring is 1. The molecule has 106 valence electrons. The molecule has 1 saturated heterocycles. The van der Waals surface area contributed by atoms with E-state index in [0.29, 0.717) is 23.4 Å². The lowest BCUT2D eigenvalue weighted by Crippen LogP contribution is -2.41. The molecule has 2 heterocycles. The first kappa shape index (κ1) is 13.9. The predicted molar refractivity (Wildman–Crippen MR) is 78.6 cm³/mol. The van der Waals surface area contributed by atoms with Crippen molar-refractivity contribution in [2.75, 3.05) is 37.8 Å². The summed E-state index contributed by atoms with van der Waals surface area (Å²) in [5.74, 6) is 1.30. The number of anilines is 2. The van der Waals surface area contributed by atoms with Gasteiger partial charge in [0.2, 0.25) is 5.88 Å². The third-order valence-corrected chi connectivity index (χ3v) is 3.69. The van der Waals surface area contributed by atoms with Crippen LogP contribution in [-0.2, 0) is 0 Å². The molecule has 0 saturated carbocycles. The standard InChI is InChI=1S/C14H24N4O/c1-11(18-8-4-3-5-9-18)10-16-14-12(15)6-7-13(17-14)19-2/h6-7,11H,3-5,8-10,15H2,1-2H3,(H,16,17). The summed E-state index contributed by atoms with van der Waals surface area (Å²) in [6.45, 7) is 5.49. The molecule has 0 bridgehead atoms. The van der Waals surface area contributed by atoms with Crippen molar-refractivity contribution in [2.45, 2.75) is 32.2 Å². The van der Waals surface area contributed by atoms with Crippen molar-refractivity contribution < 1.29 is 4.74 Å². The number of nitrogens with zero attached hydrogens (tertiary/aromatic N) is 2. The zero-order chi connectivity index (χ0) is 13.7. The van der Waals surface area contributed by atoms with Crippen molar-refractivity contribution in [1.29, 1.82) is 0 Å². The summed E-state index contributed by atoms with van der Waals surface area (Å²) in [5, 5.41) is 3.33. The van der Waals surface area contributed by atoms with Gasteiger partial charge >= 0.3 is 0 Å². The number of rotatable bonds is 5. The minimum absolute atomic E-state index is 0.493. The Morgan fingerprint density at radius 1 is 1.37 bits per heavy atom. The fraction of sp³-hybridized carbons (Fsp3) is 0.643. The topological polar surface area (TPSA) is 63.4 Å². The monoisotopic (exact) mass is 264 g/mol. The maximum Gasteiger partial charge on any atom is 0.215 e. The summed E-state index contributed by atoms with van der Waals surface area (Å²) >= 11 is 0. The fourth-order valence-electron chi connectivity index (χ4n) is 2.44. The molecular formula is C14H24N4O. The Morgan fingerprint density at radius 3 is 2.79 bits per heavy atom. The highest BCUT2D eigenvalue weighted by Crippen LogP contribution is 2.20. The summed E-state index contributed by atoms with van der Waals surface area (Å²) in [4.78, 5) is 6.85. The van der Waals surface area contributed by atoms with Gasteiger partial charge in [0, 0.05) is 18.7 Å². The first-order valence-corrected chi connectivity index (χ1v) is 6.99. The van der Waals surface area contributed by atoms with Crippen LogP contribution in [0.4, 0.5) is 11.5 Å². The Balaban J connectivity index is 1.90. The van der Waals surface area contributed by atoms with Crippen LogP contribution in [-0.4, -0.2) is 42.7 Å². The van der Waals surface area contributed by atoms with Crippen molar-refractivity contribution in [3.63, 3.8) is 0 Å². The summed E-state index contributed by atoms with van der Waals surface area (Å²) in [5.41, 5.74) is 6.57. The lowest BCUT2D eigenvalue weighted by molar-refractivity contribution is 0.180. The van der Waals surface area contributed by atoms with Gasteiger partial charge in [-0.2, -0.15) is 4.98 Å². The van der Waals surface area contributed by atoms with Crippen molar-refractivity contribution in [3.8, 4) is 5.88 Å². The van der Waals surface area contributed by atoms with E-state index in [2.05, 4.69) is 22.1 Å². The van der Waals surface area contributed by atoms with Gasteiger partial charge in [0.15, 0.2) is 5.82 Å². The Hall–Kier alpha value is -1.49. The smallest absolute Gasteiger partial charge is 0.215 e. The molecule has 19 heavy (non-hydrogen) atoms. The molecule has 0 amide bonds. The maximum atomic E-state index is 5.91. The van der Waals surface area contributed by atoms with Crippen LogP contribution in [0.5, 0.6) is 5.88 Å². The van der Waals surface area contributed by atoms with Gasteiger partial charge in [-0.25, -0.2) is 0 Å². The molecule has 1 aliphatic rings. The van der Waals surface area contributed by atoms with E-state index in [-0.39, 0.29) is 0 Å². The molecule has 0 spiro atoms. The molecular weight excluding hydrogens is 240 g/mol. The Kier molecular flexibility index (Phi) is 4.85. The first-order valence-electron chi connectivity index (χ1n) is 6.99. The predicted octanol–water partition coefficient (Wildman–Crippen LogP) is 1.96. The molecule has 1 unspecified atom stereocenters. The van der Waals surface area contributed by atoms with E-state index in [1.807, 2.05) is 6.07 Å². The summed E-state index contributed by atoms with van der Waals surface area (Å²) < 4.78 is 5.12. The number of nitrogens with two attached hydrogens (primary N) is 1. The zero-order valence-corrected chi connectivity index (χ0v) is 11.9. The average molecular weight is 264 g/mol. The van der Waals surface area contributed by atoms with E-state index in [0.717, 1.165) is 6.54 Å². The summed E-state index contributed by atoms with van der Waals surface area (Å²) in [7, 11) is 1.61. The van der Waals surface area contributed by atoms with Crippen molar-refractivity contribution in [3.05, 3.63) is 12.1 Å². The van der Waals surface area contributed by atoms with Crippen LogP contribution < -0.4 is 15.8 Å². The molecule has 3 N–H and O–H groups in total. The highest BCUT2D eigenvalue weighted by atomic mass is 16.5. The van der Waals surface area contributed by atoms with Crippen LogP contribution in [0, 0.1) is 0 Å². The number of likely N-dealkylation sites (tertiary alicyclic amines) is 1. The maximum absolute atomic E-state index is 5.91. The first-order chi connectivity index (χ1) is 9.20. The van der Waals surface area contributed by atoms with E-state index < -0.39 is 0 Å². The SMILES string of the molecule is COc1ccc(N)c(NCC(C)N2CCCCC2)n1. The molecule has 5 nitrogen and oxygen atoms in total. The van der Waals surface area contributed by atoms with E-state index in [1.165, 1.54) is 32.4 Å². The quantitative estimate of drug-likeness (QED) is 0.851. The molecule has 0 aromatic carbocycles. The minimum Gasteiger partial charge on any atom is -0.481 e. The number of nitrogens with one attached hydrogen (secondary N) is 1. The second-order valence-electron chi connectivity index (χ2n) is 5.12. The highest BCUT2D eigenvalue weighted by Gasteiger charge is 2.16. The Bertz CT molecular complexity index is 404. The highest BCUT2D eigenvalue weighted by molar-refractivity contribution is 5.61. The van der Waals surface area contributed by atoms with Crippen molar-refractivity contribution >= 4 is 11.5 Å². The van der Waals surface area contributed by atoms with E-state index in [9.17, 15) is 0 Å². The van der Waals surface area contributed by atoms with Crippen molar-refractivity contribution in [1.82, 2.24) is 9.88 Å². The number of methoxy groups -OCH3 is 1. The average Bonchev–Trinajstić information content (AvgIpc) is 2.47. The molecule has 1 atom stereocenters. The van der Waals surface area contributed by atoms with Gasteiger partial charge in [0.25, 0.3) is 0 Å². The van der Waals surface area contributed by atoms with Crippen LogP contribution in [0.1, 0.15) is 26.2 Å². The number of pyridine rings is 1. The van der Waals surface area contributed by atoms with E-state index >= 15 is 0 Å². The van der Waals surface area contributed by atoms with Crippen LogP contribution in [0.25, 0.3) is 0 Å². The zero-order valence-electron chi connectivity index (χ0n) is 11.9. The van der Waals surface area contributed by atoms with Gasteiger partial charge in [0.1, 0.15) is 0 Å². The Morgan fingerprint density at radius 2 is 2.11 bits per heavy atom. The molecule has 1 fully saturated rings. The normalized spacial score (nSPS) is 18.0. The number of hydrogen-bond acceptors (Lipinski definition) is 5. The number of aromatic nitrogens is 1. The lowest BCUT2D eigenvalue weighted by Gasteiger charge is -2.32. The summed E-state index contributed by atoms with van der Waals surface area (Å²) in [6, 6.07) is 4.08. The van der Waals surface area contributed by atoms with Gasteiger partial charge in [-0.1, -0.05) is 6.42 Å². The molecule has 0 radical (unpaired) electrons. The van der Waals surface area contributed by atoms with Crippen LogP contribution >= 0.6 is 0 Å². The van der Waals surface area contributed by atoms with Gasteiger partial charge < -0.3 is 15.8 Å². The van der Waals surface area contributed by atoms with Gasteiger partial charge in [-0.05, 0) is 38.9 Å². The van der Waals surface area contributed by atoms with Crippen LogP contribution in [0.2, 0.25) is 0 Å². The fourth-order valence-corrected chi connectivity index (χ4v) is 2.44.